The van der Waals surface area contributed by atoms with Crippen LogP contribution in [0.25, 0.3) is 0 Å². The van der Waals surface area contributed by atoms with E-state index in [2.05, 4.69) is 22.8 Å². The predicted molar refractivity (Wildman–Crippen MR) is 94.8 cm³/mol. The standard InChI is InChI=1S/C19H27N3O3/c1-24-15-2-3-16-14(12-15)4-11-25-19(16)5-9-22(10-6-19)18(23)17-13-20-7-8-21-17/h2-3,12,17,20-21H,4-11,13H2,1H3/t17-/m0/s1. The number of piperidine rings is 1. The van der Waals surface area contributed by atoms with Gasteiger partial charge in [-0.05, 0) is 42.5 Å². The Labute approximate surface area is 148 Å². The van der Waals surface area contributed by atoms with Crippen molar-refractivity contribution in [1.29, 1.82) is 0 Å². The molecule has 0 saturated carbocycles. The van der Waals surface area contributed by atoms with Crippen molar-refractivity contribution in [3.05, 3.63) is 29.3 Å². The first-order valence-corrected chi connectivity index (χ1v) is 9.26. The number of benzene rings is 1. The summed E-state index contributed by atoms with van der Waals surface area (Å²) in [4.78, 5) is 14.7. The first kappa shape index (κ1) is 16.8. The topological polar surface area (TPSA) is 62.8 Å². The summed E-state index contributed by atoms with van der Waals surface area (Å²) in [5.74, 6) is 1.12. The van der Waals surface area contributed by atoms with Crippen LogP contribution in [0.2, 0.25) is 0 Å². The van der Waals surface area contributed by atoms with Gasteiger partial charge in [0.25, 0.3) is 0 Å². The Morgan fingerprint density at radius 3 is 2.88 bits per heavy atom. The molecule has 2 fully saturated rings. The first-order valence-electron chi connectivity index (χ1n) is 9.26. The Balaban J connectivity index is 1.47. The third-order valence-electron chi connectivity index (χ3n) is 5.77. The fourth-order valence-corrected chi connectivity index (χ4v) is 4.33. The van der Waals surface area contributed by atoms with Gasteiger partial charge in [-0.3, -0.25) is 4.79 Å². The fraction of sp³-hybridized carbons (Fsp3) is 0.632. The Bertz CT molecular complexity index is 635. The number of amides is 1. The van der Waals surface area contributed by atoms with E-state index in [4.69, 9.17) is 9.47 Å². The predicted octanol–water partition coefficient (Wildman–Crippen LogP) is 0.647. The lowest BCUT2D eigenvalue weighted by Gasteiger charge is -2.45. The number of carbonyl (C=O) groups is 1. The van der Waals surface area contributed by atoms with Gasteiger partial charge in [-0.2, -0.15) is 0 Å². The van der Waals surface area contributed by atoms with Crippen LogP contribution in [0.5, 0.6) is 5.75 Å². The maximum atomic E-state index is 12.7. The van der Waals surface area contributed by atoms with E-state index in [0.717, 1.165) is 64.3 Å². The molecule has 3 aliphatic rings. The average Bonchev–Trinajstić information content (AvgIpc) is 2.68. The van der Waals surface area contributed by atoms with E-state index < -0.39 is 0 Å². The molecule has 1 amide bonds. The van der Waals surface area contributed by atoms with Crippen LogP contribution in [-0.4, -0.2) is 63.3 Å². The SMILES string of the molecule is COc1ccc2c(c1)CCOC21CCN(C(=O)[C@@H]2CNCCN2)CC1. The Kier molecular flexibility index (Phi) is 4.67. The lowest BCUT2D eigenvalue weighted by atomic mass is 9.79. The molecule has 0 aliphatic carbocycles. The molecule has 1 aromatic carbocycles. The second-order valence-corrected chi connectivity index (χ2v) is 7.15. The minimum Gasteiger partial charge on any atom is -0.497 e. The molecule has 0 aromatic heterocycles. The van der Waals surface area contributed by atoms with Crippen LogP contribution in [0.1, 0.15) is 24.0 Å². The third-order valence-corrected chi connectivity index (χ3v) is 5.77. The molecule has 2 saturated heterocycles. The van der Waals surface area contributed by atoms with Crippen molar-refractivity contribution in [1.82, 2.24) is 15.5 Å². The number of hydrogen-bond acceptors (Lipinski definition) is 5. The van der Waals surface area contributed by atoms with Crippen molar-refractivity contribution >= 4 is 5.91 Å². The minimum absolute atomic E-state index is 0.0911. The van der Waals surface area contributed by atoms with E-state index in [1.807, 2.05) is 11.0 Å². The normalized spacial score (nSPS) is 25.5. The lowest BCUT2D eigenvalue weighted by Crippen LogP contribution is -2.58. The first-order chi connectivity index (χ1) is 12.2. The summed E-state index contributed by atoms with van der Waals surface area (Å²) in [6.45, 7) is 4.75. The number of rotatable bonds is 2. The molecule has 2 N–H and O–H groups in total. The van der Waals surface area contributed by atoms with Gasteiger partial charge in [0.15, 0.2) is 0 Å². The molecule has 1 atom stereocenters. The van der Waals surface area contributed by atoms with Crippen molar-refractivity contribution in [2.24, 2.45) is 0 Å². The second-order valence-electron chi connectivity index (χ2n) is 7.15. The number of nitrogens with zero attached hydrogens (tertiary/aromatic N) is 1. The number of fused-ring (bicyclic) bond motifs is 2. The molecular formula is C19H27N3O3. The van der Waals surface area contributed by atoms with Gasteiger partial charge in [0.2, 0.25) is 5.91 Å². The molecule has 136 valence electrons. The maximum absolute atomic E-state index is 12.7. The molecule has 6 nitrogen and oxygen atoms in total. The Morgan fingerprint density at radius 2 is 2.16 bits per heavy atom. The molecular weight excluding hydrogens is 318 g/mol. The molecule has 0 unspecified atom stereocenters. The van der Waals surface area contributed by atoms with Crippen molar-refractivity contribution in [2.75, 3.05) is 46.4 Å². The summed E-state index contributed by atoms with van der Waals surface area (Å²) in [5, 5.41) is 6.61. The monoisotopic (exact) mass is 345 g/mol. The van der Waals surface area contributed by atoms with E-state index in [9.17, 15) is 4.79 Å². The fourth-order valence-electron chi connectivity index (χ4n) is 4.33. The van der Waals surface area contributed by atoms with Gasteiger partial charge in [0.1, 0.15) is 5.75 Å². The smallest absolute Gasteiger partial charge is 0.241 e. The number of piperazine rings is 1. The molecule has 3 heterocycles. The zero-order valence-corrected chi connectivity index (χ0v) is 14.8. The van der Waals surface area contributed by atoms with Gasteiger partial charge < -0.3 is 25.0 Å². The lowest BCUT2D eigenvalue weighted by molar-refractivity contribution is -0.143. The van der Waals surface area contributed by atoms with E-state index in [-0.39, 0.29) is 17.6 Å². The van der Waals surface area contributed by atoms with Crippen LogP contribution in [0.4, 0.5) is 0 Å². The molecule has 25 heavy (non-hydrogen) atoms. The zero-order chi connectivity index (χ0) is 17.3. The van der Waals surface area contributed by atoms with Gasteiger partial charge in [0.05, 0.1) is 25.4 Å². The van der Waals surface area contributed by atoms with Crippen molar-refractivity contribution in [3.63, 3.8) is 0 Å². The van der Waals surface area contributed by atoms with Gasteiger partial charge in [-0.25, -0.2) is 0 Å². The number of likely N-dealkylation sites (tertiary alicyclic amines) is 1. The highest BCUT2D eigenvalue weighted by Crippen LogP contribution is 2.42. The summed E-state index contributed by atoms with van der Waals surface area (Å²) >= 11 is 0. The van der Waals surface area contributed by atoms with Crippen LogP contribution >= 0.6 is 0 Å². The Morgan fingerprint density at radius 1 is 1.32 bits per heavy atom. The average molecular weight is 345 g/mol. The molecule has 1 spiro atoms. The number of hydrogen-bond donors (Lipinski definition) is 2. The molecule has 3 aliphatic heterocycles. The minimum atomic E-state index is -0.241. The molecule has 6 heteroatoms. The van der Waals surface area contributed by atoms with E-state index in [0.29, 0.717) is 0 Å². The number of carbonyl (C=O) groups excluding carboxylic acids is 1. The quantitative estimate of drug-likeness (QED) is 0.824. The Hall–Kier alpha value is -1.63. The van der Waals surface area contributed by atoms with Crippen LogP contribution < -0.4 is 15.4 Å². The van der Waals surface area contributed by atoms with Crippen molar-refractivity contribution in [3.8, 4) is 5.75 Å². The highest BCUT2D eigenvalue weighted by molar-refractivity contribution is 5.82. The van der Waals surface area contributed by atoms with E-state index >= 15 is 0 Å². The maximum Gasteiger partial charge on any atom is 0.241 e. The van der Waals surface area contributed by atoms with E-state index in [1.165, 1.54) is 11.1 Å². The van der Waals surface area contributed by atoms with Crippen LogP contribution in [-0.2, 0) is 21.6 Å². The van der Waals surface area contributed by atoms with E-state index in [1.54, 1.807) is 7.11 Å². The summed E-state index contributed by atoms with van der Waals surface area (Å²) in [6, 6.07) is 6.21. The van der Waals surface area contributed by atoms with Gasteiger partial charge in [0, 0.05) is 32.7 Å². The molecule has 0 radical (unpaired) electrons. The van der Waals surface area contributed by atoms with Crippen molar-refractivity contribution < 1.29 is 14.3 Å². The zero-order valence-electron chi connectivity index (χ0n) is 14.8. The van der Waals surface area contributed by atoms with Crippen LogP contribution in [0.15, 0.2) is 18.2 Å². The number of nitrogens with one attached hydrogen (secondary N) is 2. The molecule has 1 aromatic rings. The summed E-state index contributed by atoms with van der Waals surface area (Å²) in [5.41, 5.74) is 2.36. The number of methoxy groups -OCH3 is 1. The molecule has 0 bridgehead atoms. The summed E-state index contributed by atoms with van der Waals surface area (Å²) in [6.07, 6.45) is 2.64. The highest BCUT2D eigenvalue weighted by Gasteiger charge is 2.42. The third kappa shape index (κ3) is 3.14. The van der Waals surface area contributed by atoms with Crippen molar-refractivity contribution in [2.45, 2.75) is 30.9 Å². The summed E-state index contributed by atoms with van der Waals surface area (Å²) in [7, 11) is 1.70. The highest BCUT2D eigenvalue weighted by atomic mass is 16.5. The second kappa shape index (κ2) is 6.94. The largest absolute Gasteiger partial charge is 0.497 e. The van der Waals surface area contributed by atoms with Crippen LogP contribution in [0, 0.1) is 0 Å². The van der Waals surface area contributed by atoms with Gasteiger partial charge in [-0.1, -0.05) is 6.07 Å². The van der Waals surface area contributed by atoms with Gasteiger partial charge in [-0.15, -0.1) is 0 Å². The van der Waals surface area contributed by atoms with Crippen LogP contribution in [0.3, 0.4) is 0 Å². The molecule has 4 rings (SSSR count). The number of ether oxygens (including phenoxy) is 2. The van der Waals surface area contributed by atoms with Gasteiger partial charge >= 0.3 is 0 Å². The summed E-state index contributed by atoms with van der Waals surface area (Å²) < 4.78 is 11.6.